The Kier molecular flexibility index (Phi) is 6.68. The second-order valence-electron chi connectivity index (χ2n) is 5.99. The molecule has 5 nitrogen and oxygen atoms in total. The van der Waals surface area contributed by atoms with E-state index in [2.05, 4.69) is 45.9 Å². The summed E-state index contributed by atoms with van der Waals surface area (Å²) >= 11 is 1.72. The zero-order valence-electron chi connectivity index (χ0n) is 14.9. The molecule has 2 aromatic rings. The Hall–Kier alpha value is -2.31. The number of benzene rings is 1. The molecule has 1 aromatic carbocycles. The lowest BCUT2D eigenvalue weighted by Gasteiger charge is -2.30. The number of carbonyl (C=O) groups excluding carboxylic acids is 1. The van der Waals surface area contributed by atoms with Gasteiger partial charge >= 0.3 is 5.97 Å². The van der Waals surface area contributed by atoms with Crippen LogP contribution in [0.5, 0.6) is 0 Å². The van der Waals surface area contributed by atoms with E-state index in [1.165, 1.54) is 12.0 Å². The summed E-state index contributed by atoms with van der Waals surface area (Å²) < 4.78 is 10.3. The van der Waals surface area contributed by atoms with Crippen molar-refractivity contribution in [2.24, 2.45) is 0 Å². The van der Waals surface area contributed by atoms with E-state index in [4.69, 9.17) is 9.47 Å². The first-order valence-corrected chi connectivity index (χ1v) is 9.60. The van der Waals surface area contributed by atoms with Crippen LogP contribution in [0.25, 0.3) is 6.08 Å². The van der Waals surface area contributed by atoms with Crippen molar-refractivity contribution < 1.29 is 14.3 Å². The van der Waals surface area contributed by atoms with Gasteiger partial charge in [-0.25, -0.2) is 0 Å². The number of rotatable bonds is 7. The molecule has 138 valence electrons. The zero-order valence-corrected chi connectivity index (χ0v) is 15.8. The molecule has 1 aliphatic rings. The Labute approximate surface area is 158 Å². The number of morpholine rings is 1. The van der Waals surface area contributed by atoms with Crippen molar-refractivity contribution in [3.05, 3.63) is 52.2 Å². The fourth-order valence-electron chi connectivity index (χ4n) is 2.92. The minimum Gasteiger partial charge on any atom is -0.469 e. The number of nitrogens with zero attached hydrogens (tertiary/aromatic N) is 1. The van der Waals surface area contributed by atoms with Crippen molar-refractivity contribution in [2.75, 3.05) is 50.2 Å². The molecule has 3 rings (SSSR count). The molecule has 1 fully saturated rings. The third-order valence-electron chi connectivity index (χ3n) is 4.24. The van der Waals surface area contributed by atoms with Gasteiger partial charge < -0.3 is 19.7 Å². The van der Waals surface area contributed by atoms with Gasteiger partial charge in [-0.15, -0.1) is 11.3 Å². The minimum atomic E-state index is -0.228. The molecule has 1 aliphatic heterocycles. The molecule has 0 amide bonds. The summed E-state index contributed by atoms with van der Waals surface area (Å²) in [5.41, 5.74) is 3.06. The maximum absolute atomic E-state index is 11.8. The smallest absolute Gasteiger partial charge is 0.310 e. The summed E-state index contributed by atoms with van der Waals surface area (Å²) in [6.45, 7) is 3.83. The van der Waals surface area contributed by atoms with Crippen molar-refractivity contribution in [3.8, 4) is 0 Å². The Bertz CT molecular complexity index is 738. The maximum Gasteiger partial charge on any atom is 0.310 e. The molecule has 6 heteroatoms. The molecule has 1 saturated heterocycles. The topological polar surface area (TPSA) is 50.8 Å². The minimum absolute atomic E-state index is 0.228. The van der Waals surface area contributed by atoms with E-state index in [1.54, 1.807) is 11.3 Å². The van der Waals surface area contributed by atoms with Gasteiger partial charge in [-0.3, -0.25) is 4.79 Å². The fourth-order valence-corrected chi connectivity index (χ4v) is 3.56. The number of hydrogen-bond acceptors (Lipinski definition) is 6. The van der Waals surface area contributed by atoms with Crippen LogP contribution >= 0.6 is 11.3 Å². The summed E-state index contributed by atoms with van der Waals surface area (Å²) in [7, 11) is 1.42. The molecule has 0 atom stereocenters. The molecule has 2 heterocycles. The van der Waals surface area contributed by atoms with Crippen LogP contribution in [0.1, 0.15) is 10.4 Å². The highest BCUT2D eigenvalue weighted by Crippen LogP contribution is 2.26. The summed E-state index contributed by atoms with van der Waals surface area (Å²) in [4.78, 5) is 15.3. The average molecular weight is 372 g/mol. The van der Waals surface area contributed by atoms with Gasteiger partial charge in [-0.2, -0.15) is 0 Å². The molecule has 0 spiro atoms. The predicted molar refractivity (Wildman–Crippen MR) is 107 cm³/mol. The van der Waals surface area contributed by atoms with Gasteiger partial charge in [0, 0.05) is 35.9 Å². The summed E-state index contributed by atoms with van der Waals surface area (Å²) in [5.74, 6) is -0.228. The standard InChI is InChI=1S/C20H24N2O3S/c1-24-20(23)15-16-14-17(21-8-2-4-18-5-3-13-26-18)6-7-19(16)22-9-11-25-12-10-22/h2-7,13-14,21H,8-12,15H2,1H3/b4-2+. The summed E-state index contributed by atoms with van der Waals surface area (Å²) in [6, 6.07) is 10.3. The molecule has 0 unspecified atom stereocenters. The molecule has 26 heavy (non-hydrogen) atoms. The molecule has 0 bridgehead atoms. The van der Waals surface area contributed by atoms with E-state index in [1.807, 2.05) is 12.1 Å². The van der Waals surface area contributed by atoms with Gasteiger partial charge in [0.05, 0.1) is 26.7 Å². The van der Waals surface area contributed by atoms with Gasteiger partial charge in [-0.1, -0.05) is 12.1 Å². The quantitative estimate of drug-likeness (QED) is 0.755. The predicted octanol–water partition coefficient (Wildman–Crippen LogP) is 3.43. The Morgan fingerprint density at radius 2 is 2.19 bits per heavy atom. The molecular weight excluding hydrogens is 348 g/mol. The Morgan fingerprint density at radius 3 is 2.92 bits per heavy atom. The number of methoxy groups -OCH3 is 1. The van der Waals surface area contributed by atoms with Gasteiger partial charge in [-0.05, 0) is 41.3 Å². The first kappa shape index (κ1) is 18.5. The van der Waals surface area contributed by atoms with Crippen molar-refractivity contribution >= 4 is 34.8 Å². The van der Waals surface area contributed by atoms with Gasteiger partial charge in [0.1, 0.15) is 0 Å². The number of carbonyl (C=O) groups is 1. The van der Waals surface area contributed by atoms with Crippen LogP contribution in [-0.2, 0) is 20.7 Å². The van der Waals surface area contributed by atoms with Crippen LogP contribution < -0.4 is 10.2 Å². The number of anilines is 2. The van der Waals surface area contributed by atoms with Gasteiger partial charge in [0.2, 0.25) is 0 Å². The van der Waals surface area contributed by atoms with E-state index >= 15 is 0 Å². The number of ether oxygens (including phenoxy) is 2. The van der Waals surface area contributed by atoms with Crippen LogP contribution in [0.3, 0.4) is 0 Å². The molecule has 0 saturated carbocycles. The molecule has 0 radical (unpaired) electrons. The van der Waals surface area contributed by atoms with E-state index in [9.17, 15) is 4.79 Å². The summed E-state index contributed by atoms with van der Waals surface area (Å²) in [6.07, 6.45) is 4.47. The average Bonchev–Trinajstić information content (AvgIpc) is 3.19. The number of esters is 1. The lowest BCUT2D eigenvalue weighted by molar-refractivity contribution is -0.139. The van der Waals surface area contributed by atoms with Crippen molar-refractivity contribution in [1.82, 2.24) is 0 Å². The van der Waals surface area contributed by atoms with Crippen LogP contribution in [0.2, 0.25) is 0 Å². The second kappa shape index (κ2) is 9.40. The highest BCUT2D eigenvalue weighted by atomic mass is 32.1. The normalized spacial score (nSPS) is 14.6. The van der Waals surface area contributed by atoms with Gasteiger partial charge in [0.15, 0.2) is 0 Å². The third-order valence-corrected chi connectivity index (χ3v) is 5.08. The van der Waals surface area contributed by atoms with Crippen LogP contribution in [0.4, 0.5) is 11.4 Å². The molecule has 1 aromatic heterocycles. The fraction of sp³-hybridized carbons (Fsp3) is 0.350. The first-order valence-electron chi connectivity index (χ1n) is 8.72. The third kappa shape index (κ3) is 5.09. The van der Waals surface area contributed by atoms with Crippen LogP contribution in [0, 0.1) is 0 Å². The van der Waals surface area contributed by atoms with E-state index in [0.717, 1.165) is 36.6 Å². The summed E-state index contributed by atoms with van der Waals surface area (Å²) in [5, 5.41) is 5.46. The van der Waals surface area contributed by atoms with E-state index in [-0.39, 0.29) is 12.4 Å². The van der Waals surface area contributed by atoms with Gasteiger partial charge in [0.25, 0.3) is 0 Å². The van der Waals surface area contributed by atoms with Crippen molar-refractivity contribution in [1.29, 1.82) is 0 Å². The number of hydrogen-bond donors (Lipinski definition) is 1. The van der Waals surface area contributed by atoms with Crippen LogP contribution in [0.15, 0.2) is 41.8 Å². The number of nitrogens with one attached hydrogen (secondary N) is 1. The largest absolute Gasteiger partial charge is 0.469 e. The van der Waals surface area contributed by atoms with Crippen molar-refractivity contribution in [3.63, 3.8) is 0 Å². The Morgan fingerprint density at radius 1 is 1.35 bits per heavy atom. The van der Waals surface area contributed by atoms with Crippen molar-refractivity contribution in [2.45, 2.75) is 6.42 Å². The first-order chi connectivity index (χ1) is 12.8. The SMILES string of the molecule is COC(=O)Cc1cc(NC/C=C/c2cccs2)ccc1N1CCOCC1. The lowest BCUT2D eigenvalue weighted by atomic mass is 10.1. The highest BCUT2D eigenvalue weighted by Gasteiger charge is 2.17. The lowest BCUT2D eigenvalue weighted by Crippen LogP contribution is -2.37. The monoisotopic (exact) mass is 372 g/mol. The molecule has 0 aliphatic carbocycles. The van der Waals surface area contributed by atoms with Crippen LogP contribution in [-0.4, -0.2) is 45.9 Å². The molecular formula is C20H24N2O3S. The Balaban J connectivity index is 1.69. The molecule has 1 N–H and O–H groups in total. The number of thiophene rings is 1. The highest BCUT2D eigenvalue weighted by molar-refractivity contribution is 7.10. The van der Waals surface area contributed by atoms with E-state index in [0.29, 0.717) is 13.2 Å². The van der Waals surface area contributed by atoms with E-state index < -0.39 is 0 Å². The second-order valence-corrected chi connectivity index (χ2v) is 6.97. The zero-order chi connectivity index (χ0) is 18.2. The maximum atomic E-state index is 11.8.